The Balaban J connectivity index is 2.23. The predicted octanol–water partition coefficient (Wildman–Crippen LogP) is 5.24. The van der Waals surface area contributed by atoms with E-state index in [0.717, 1.165) is 10.2 Å². The molecule has 0 aliphatic carbocycles. The fourth-order valence-corrected chi connectivity index (χ4v) is 2.77. The number of rotatable bonds is 2. The summed E-state index contributed by atoms with van der Waals surface area (Å²) in [6.07, 6.45) is 0. The van der Waals surface area contributed by atoms with Crippen LogP contribution >= 0.6 is 15.9 Å². The molecule has 0 aliphatic rings. The number of hydrogen-bond acceptors (Lipinski definition) is 2. The topological polar surface area (TPSA) is 29.5 Å². The first-order chi connectivity index (χ1) is 8.86. The molecule has 2 aromatic rings. The maximum Gasteiger partial charge on any atom is 0.128 e. The molecule has 100 valence electrons. The monoisotopic (exact) mass is 320 g/mol. The number of benzene rings is 2. The van der Waals surface area contributed by atoms with Crippen LogP contribution in [0.1, 0.15) is 26.3 Å². The summed E-state index contributed by atoms with van der Waals surface area (Å²) in [5, 5.41) is 9.23. The van der Waals surface area contributed by atoms with Crippen molar-refractivity contribution in [1.82, 2.24) is 0 Å². The largest absolute Gasteiger partial charge is 0.508 e. The van der Waals surface area contributed by atoms with Crippen LogP contribution in [0.15, 0.2) is 46.9 Å². The number of hydrogen-bond donors (Lipinski definition) is 1. The number of ether oxygens (including phenoxy) is 1. The molecule has 1 N–H and O–H groups in total. The minimum absolute atomic E-state index is 0.0932. The molecule has 2 aromatic carbocycles. The highest BCUT2D eigenvalue weighted by atomic mass is 79.9. The molecule has 2 rings (SSSR count). The van der Waals surface area contributed by atoms with E-state index in [2.05, 4.69) is 42.8 Å². The lowest BCUT2D eigenvalue weighted by atomic mass is 9.87. The highest BCUT2D eigenvalue weighted by Crippen LogP contribution is 2.34. The van der Waals surface area contributed by atoms with Crippen LogP contribution in [0, 0.1) is 0 Å². The molecule has 0 saturated carbocycles. The molecule has 19 heavy (non-hydrogen) atoms. The maximum absolute atomic E-state index is 9.23. The molecular formula is C16H17BrO2. The molecule has 0 saturated heterocycles. The highest BCUT2D eigenvalue weighted by molar-refractivity contribution is 9.10. The number of halogens is 1. The van der Waals surface area contributed by atoms with Gasteiger partial charge in [0.15, 0.2) is 0 Å². The van der Waals surface area contributed by atoms with Gasteiger partial charge in [-0.15, -0.1) is 0 Å². The Labute approximate surface area is 122 Å². The Bertz CT molecular complexity index is 568. The van der Waals surface area contributed by atoms with E-state index >= 15 is 0 Å². The van der Waals surface area contributed by atoms with E-state index in [1.54, 1.807) is 24.3 Å². The van der Waals surface area contributed by atoms with Gasteiger partial charge in [0.25, 0.3) is 0 Å². The van der Waals surface area contributed by atoms with Gasteiger partial charge in [-0.3, -0.25) is 0 Å². The van der Waals surface area contributed by atoms with Crippen LogP contribution in [0.4, 0.5) is 0 Å². The van der Waals surface area contributed by atoms with Gasteiger partial charge < -0.3 is 9.84 Å². The standard InChI is InChI=1S/C16H17BrO2/c1-16(2,3)14-9-8-13(10-15(14)17)19-12-6-4-11(18)5-7-12/h4-10,18H,1-3H3. The quantitative estimate of drug-likeness (QED) is 0.819. The van der Waals surface area contributed by atoms with Gasteiger partial charge in [-0.2, -0.15) is 0 Å². The second kappa shape index (κ2) is 5.25. The smallest absolute Gasteiger partial charge is 0.128 e. The molecule has 0 heterocycles. The van der Waals surface area contributed by atoms with E-state index in [1.807, 2.05) is 12.1 Å². The number of phenolic OH excluding ortho intramolecular Hbond substituents is 1. The maximum atomic E-state index is 9.23. The Morgan fingerprint density at radius 1 is 0.947 bits per heavy atom. The average molecular weight is 321 g/mol. The van der Waals surface area contributed by atoms with E-state index < -0.39 is 0 Å². The molecule has 0 amide bonds. The van der Waals surface area contributed by atoms with Crippen LogP contribution in [-0.4, -0.2) is 5.11 Å². The summed E-state index contributed by atoms with van der Waals surface area (Å²) in [7, 11) is 0. The third-order valence-electron chi connectivity index (χ3n) is 2.82. The number of aromatic hydroxyl groups is 1. The lowest BCUT2D eigenvalue weighted by Crippen LogP contribution is -2.11. The van der Waals surface area contributed by atoms with Gasteiger partial charge in [0.2, 0.25) is 0 Å². The van der Waals surface area contributed by atoms with Crippen molar-refractivity contribution in [2.75, 3.05) is 0 Å². The van der Waals surface area contributed by atoms with Gasteiger partial charge in [0.1, 0.15) is 17.2 Å². The van der Waals surface area contributed by atoms with Crippen molar-refractivity contribution in [2.45, 2.75) is 26.2 Å². The molecule has 3 heteroatoms. The minimum atomic E-state index is 0.0932. The van der Waals surface area contributed by atoms with Crippen LogP contribution in [0.2, 0.25) is 0 Å². The van der Waals surface area contributed by atoms with Crippen LogP contribution < -0.4 is 4.74 Å². The first kappa shape index (κ1) is 13.9. The zero-order valence-electron chi connectivity index (χ0n) is 11.3. The van der Waals surface area contributed by atoms with E-state index in [1.165, 1.54) is 5.56 Å². The molecule has 0 spiro atoms. The van der Waals surface area contributed by atoms with Gasteiger partial charge in [-0.1, -0.05) is 42.8 Å². The van der Waals surface area contributed by atoms with E-state index in [-0.39, 0.29) is 11.2 Å². The van der Waals surface area contributed by atoms with Gasteiger partial charge in [0.05, 0.1) is 0 Å². The third-order valence-corrected chi connectivity index (χ3v) is 3.48. The molecule has 0 atom stereocenters. The van der Waals surface area contributed by atoms with Crippen molar-refractivity contribution in [3.05, 3.63) is 52.5 Å². The Morgan fingerprint density at radius 2 is 1.53 bits per heavy atom. The first-order valence-corrected chi connectivity index (χ1v) is 6.92. The second-order valence-electron chi connectivity index (χ2n) is 5.49. The van der Waals surface area contributed by atoms with Crippen molar-refractivity contribution in [2.24, 2.45) is 0 Å². The van der Waals surface area contributed by atoms with E-state index in [0.29, 0.717) is 5.75 Å². The van der Waals surface area contributed by atoms with Crippen LogP contribution in [-0.2, 0) is 5.41 Å². The van der Waals surface area contributed by atoms with Crippen LogP contribution in [0.5, 0.6) is 17.2 Å². The molecule has 0 aliphatic heterocycles. The molecular weight excluding hydrogens is 304 g/mol. The zero-order chi connectivity index (χ0) is 14.0. The van der Waals surface area contributed by atoms with Crippen molar-refractivity contribution in [3.63, 3.8) is 0 Å². The predicted molar refractivity (Wildman–Crippen MR) is 81.0 cm³/mol. The lowest BCUT2D eigenvalue weighted by Gasteiger charge is -2.21. The summed E-state index contributed by atoms with van der Waals surface area (Å²) in [6, 6.07) is 12.7. The third kappa shape index (κ3) is 3.51. The highest BCUT2D eigenvalue weighted by Gasteiger charge is 2.17. The van der Waals surface area contributed by atoms with Gasteiger partial charge in [-0.25, -0.2) is 0 Å². The Kier molecular flexibility index (Phi) is 3.85. The summed E-state index contributed by atoms with van der Waals surface area (Å²) >= 11 is 3.59. The van der Waals surface area contributed by atoms with Crippen LogP contribution in [0.25, 0.3) is 0 Å². The fourth-order valence-electron chi connectivity index (χ4n) is 1.82. The average Bonchev–Trinajstić information content (AvgIpc) is 2.30. The molecule has 0 bridgehead atoms. The summed E-state index contributed by atoms with van der Waals surface area (Å²) in [4.78, 5) is 0. The van der Waals surface area contributed by atoms with Crippen molar-refractivity contribution >= 4 is 15.9 Å². The summed E-state index contributed by atoms with van der Waals surface area (Å²) in [5.41, 5.74) is 1.33. The second-order valence-corrected chi connectivity index (χ2v) is 6.34. The first-order valence-electron chi connectivity index (χ1n) is 6.13. The Morgan fingerprint density at radius 3 is 2.05 bits per heavy atom. The summed E-state index contributed by atoms with van der Waals surface area (Å²) < 4.78 is 6.78. The van der Waals surface area contributed by atoms with E-state index in [9.17, 15) is 5.11 Å². The van der Waals surface area contributed by atoms with Crippen molar-refractivity contribution in [1.29, 1.82) is 0 Å². The molecule has 2 nitrogen and oxygen atoms in total. The van der Waals surface area contributed by atoms with Crippen molar-refractivity contribution in [3.8, 4) is 17.2 Å². The van der Waals surface area contributed by atoms with Gasteiger partial charge in [0, 0.05) is 4.47 Å². The van der Waals surface area contributed by atoms with Gasteiger partial charge in [-0.05, 0) is 47.4 Å². The lowest BCUT2D eigenvalue weighted by molar-refractivity contribution is 0.463. The molecule has 0 fully saturated rings. The normalized spacial score (nSPS) is 11.4. The number of phenols is 1. The SMILES string of the molecule is CC(C)(C)c1ccc(Oc2ccc(O)cc2)cc1Br. The summed E-state index contributed by atoms with van der Waals surface area (Å²) in [6.45, 7) is 6.52. The fraction of sp³-hybridized carbons (Fsp3) is 0.250. The van der Waals surface area contributed by atoms with E-state index in [4.69, 9.17) is 4.74 Å². The molecule has 0 aromatic heterocycles. The zero-order valence-corrected chi connectivity index (χ0v) is 12.9. The molecule has 0 unspecified atom stereocenters. The molecule has 0 radical (unpaired) electrons. The minimum Gasteiger partial charge on any atom is -0.508 e. The van der Waals surface area contributed by atoms with Crippen LogP contribution in [0.3, 0.4) is 0 Å². The summed E-state index contributed by atoms with van der Waals surface area (Å²) in [5.74, 6) is 1.70. The van der Waals surface area contributed by atoms with Gasteiger partial charge >= 0.3 is 0 Å². The Hall–Kier alpha value is -1.48. The van der Waals surface area contributed by atoms with Crippen molar-refractivity contribution < 1.29 is 9.84 Å².